The highest BCUT2D eigenvalue weighted by atomic mass is 32.2. The van der Waals surface area contributed by atoms with Crippen molar-refractivity contribution in [2.75, 3.05) is 25.6 Å². The number of nitrogens with zero attached hydrogens (tertiary/aromatic N) is 2. The Hall–Kier alpha value is -1.51. The van der Waals surface area contributed by atoms with Gasteiger partial charge in [-0.25, -0.2) is 0 Å². The average Bonchev–Trinajstić information content (AvgIpc) is 2.49. The van der Waals surface area contributed by atoms with Gasteiger partial charge in [0, 0.05) is 31.0 Å². The fourth-order valence-corrected chi connectivity index (χ4v) is 2.24. The van der Waals surface area contributed by atoms with Gasteiger partial charge in [-0.05, 0) is 31.4 Å². The van der Waals surface area contributed by atoms with Gasteiger partial charge in [0.25, 0.3) is 5.91 Å². The van der Waals surface area contributed by atoms with Crippen LogP contribution in [0.2, 0.25) is 0 Å². The molecule has 0 aromatic carbocycles. The zero-order valence-electron chi connectivity index (χ0n) is 12.2. The second-order valence-electron chi connectivity index (χ2n) is 4.51. The molecule has 5 heteroatoms. The van der Waals surface area contributed by atoms with E-state index in [9.17, 15) is 4.79 Å². The van der Waals surface area contributed by atoms with Crippen LogP contribution < -0.4 is 5.73 Å². The van der Waals surface area contributed by atoms with Crippen LogP contribution in [0.5, 0.6) is 0 Å². The molecule has 0 spiro atoms. The van der Waals surface area contributed by atoms with E-state index in [0.29, 0.717) is 17.7 Å². The van der Waals surface area contributed by atoms with Gasteiger partial charge in [0.15, 0.2) is 0 Å². The molecule has 20 heavy (non-hydrogen) atoms. The molecule has 4 nitrogen and oxygen atoms in total. The monoisotopic (exact) mass is 291 g/mol. The first-order chi connectivity index (χ1) is 9.60. The quantitative estimate of drug-likeness (QED) is 0.837. The molecular formula is C15H21N3OS. The van der Waals surface area contributed by atoms with E-state index in [2.05, 4.69) is 30.0 Å². The predicted molar refractivity (Wildman–Crippen MR) is 84.7 cm³/mol. The lowest BCUT2D eigenvalue weighted by molar-refractivity contribution is 0.0741. The number of amides is 1. The number of hydrogen-bond acceptors (Lipinski definition) is 4. The number of rotatable bonds is 5. The van der Waals surface area contributed by atoms with Crippen molar-refractivity contribution in [2.24, 2.45) is 5.73 Å². The van der Waals surface area contributed by atoms with Crippen molar-refractivity contribution < 1.29 is 4.79 Å². The third kappa shape index (κ3) is 4.87. The first-order valence-electron chi connectivity index (χ1n) is 6.50. The van der Waals surface area contributed by atoms with E-state index in [-0.39, 0.29) is 11.9 Å². The molecule has 1 aromatic rings. The summed E-state index contributed by atoms with van der Waals surface area (Å²) in [5.74, 6) is 6.67. The summed E-state index contributed by atoms with van der Waals surface area (Å²) in [6.45, 7) is 2.35. The molecule has 0 aliphatic heterocycles. The lowest BCUT2D eigenvalue weighted by Gasteiger charge is -2.24. The van der Waals surface area contributed by atoms with Crippen LogP contribution >= 0.6 is 11.8 Å². The molecule has 1 amide bonds. The van der Waals surface area contributed by atoms with Gasteiger partial charge >= 0.3 is 0 Å². The van der Waals surface area contributed by atoms with Crippen molar-refractivity contribution in [3.05, 3.63) is 29.6 Å². The zero-order valence-corrected chi connectivity index (χ0v) is 13.0. The zero-order chi connectivity index (χ0) is 15.0. The topological polar surface area (TPSA) is 59.2 Å². The molecule has 0 fully saturated rings. The van der Waals surface area contributed by atoms with Gasteiger partial charge in [-0.2, -0.15) is 11.8 Å². The molecule has 1 atom stereocenters. The van der Waals surface area contributed by atoms with Crippen molar-refractivity contribution in [1.82, 2.24) is 9.88 Å². The number of aromatic nitrogens is 1. The van der Waals surface area contributed by atoms with Gasteiger partial charge in [0.2, 0.25) is 0 Å². The second kappa shape index (κ2) is 8.62. The summed E-state index contributed by atoms with van der Waals surface area (Å²) in [6, 6.07) is 1.96. The smallest absolute Gasteiger partial charge is 0.255 e. The van der Waals surface area contributed by atoms with Gasteiger partial charge in [0.05, 0.1) is 12.1 Å². The fraction of sp³-hybridized carbons (Fsp3) is 0.467. The first-order valence-corrected chi connectivity index (χ1v) is 7.89. The molecular weight excluding hydrogens is 270 g/mol. The normalized spacial score (nSPS) is 11.4. The molecule has 1 rings (SSSR count). The summed E-state index contributed by atoms with van der Waals surface area (Å²) in [5, 5.41) is 0. The maximum absolute atomic E-state index is 12.4. The molecule has 0 aliphatic rings. The molecule has 0 aliphatic carbocycles. The molecule has 1 heterocycles. The van der Waals surface area contributed by atoms with Crippen LogP contribution in [-0.4, -0.2) is 47.4 Å². The molecule has 2 N–H and O–H groups in total. The van der Waals surface area contributed by atoms with E-state index in [0.717, 1.165) is 12.2 Å². The summed E-state index contributed by atoms with van der Waals surface area (Å²) in [4.78, 5) is 18.2. The van der Waals surface area contributed by atoms with E-state index in [1.54, 1.807) is 35.1 Å². The summed E-state index contributed by atoms with van der Waals surface area (Å²) < 4.78 is 0. The summed E-state index contributed by atoms with van der Waals surface area (Å²) in [6.07, 6.45) is 6.26. The molecule has 0 saturated heterocycles. The number of carbonyl (C=O) groups is 1. The van der Waals surface area contributed by atoms with Crippen LogP contribution in [0, 0.1) is 11.8 Å². The Bertz CT molecular complexity index is 507. The van der Waals surface area contributed by atoms with E-state index >= 15 is 0 Å². The van der Waals surface area contributed by atoms with Gasteiger partial charge in [0.1, 0.15) is 0 Å². The lowest BCUT2D eigenvalue weighted by atomic mass is 10.1. The molecule has 108 valence electrons. The molecule has 0 radical (unpaired) electrons. The number of pyridine rings is 1. The van der Waals surface area contributed by atoms with E-state index in [4.69, 9.17) is 5.73 Å². The largest absolute Gasteiger partial charge is 0.339 e. The summed E-state index contributed by atoms with van der Waals surface area (Å²) >= 11 is 1.79. The number of nitrogens with two attached hydrogens (primary N) is 1. The average molecular weight is 291 g/mol. The Balaban J connectivity index is 2.80. The minimum Gasteiger partial charge on any atom is -0.339 e. The Morgan fingerprint density at radius 1 is 1.55 bits per heavy atom. The summed E-state index contributed by atoms with van der Waals surface area (Å²) in [7, 11) is 1.82. The number of carbonyl (C=O) groups excluding carboxylic acids is 1. The van der Waals surface area contributed by atoms with E-state index in [1.165, 1.54) is 0 Å². The molecule has 1 unspecified atom stereocenters. The number of hydrogen-bond donors (Lipinski definition) is 1. The predicted octanol–water partition coefficient (Wildman–Crippen LogP) is 1.61. The Labute approximate surface area is 125 Å². The van der Waals surface area contributed by atoms with Crippen molar-refractivity contribution >= 4 is 17.7 Å². The van der Waals surface area contributed by atoms with Gasteiger partial charge in [-0.1, -0.05) is 11.8 Å². The minimum atomic E-state index is -0.0255. The van der Waals surface area contributed by atoms with Crippen LogP contribution in [0.3, 0.4) is 0 Å². The van der Waals surface area contributed by atoms with Crippen molar-refractivity contribution in [1.29, 1.82) is 0 Å². The van der Waals surface area contributed by atoms with Crippen LogP contribution in [-0.2, 0) is 0 Å². The molecule has 0 bridgehead atoms. The van der Waals surface area contributed by atoms with Gasteiger partial charge in [-0.15, -0.1) is 0 Å². The third-order valence-electron chi connectivity index (χ3n) is 3.04. The lowest BCUT2D eigenvalue weighted by Crippen LogP contribution is -2.35. The first kappa shape index (κ1) is 16.5. The third-order valence-corrected chi connectivity index (χ3v) is 3.69. The Morgan fingerprint density at radius 3 is 2.95 bits per heavy atom. The van der Waals surface area contributed by atoms with Crippen molar-refractivity contribution in [3.63, 3.8) is 0 Å². The SMILES string of the molecule is CSCCC(C)N(C)C(=O)c1cncc(C#CCN)c1. The summed E-state index contributed by atoms with van der Waals surface area (Å²) in [5.41, 5.74) is 6.61. The van der Waals surface area contributed by atoms with Gasteiger partial charge < -0.3 is 10.6 Å². The van der Waals surface area contributed by atoms with Crippen molar-refractivity contribution in [3.8, 4) is 11.8 Å². The highest BCUT2D eigenvalue weighted by Gasteiger charge is 2.17. The number of thioether (sulfide) groups is 1. The molecule has 0 saturated carbocycles. The maximum Gasteiger partial charge on any atom is 0.255 e. The molecule has 1 aromatic heterocycles. The van der Waals surface area contributed by atoms with E-state index < -0.39 is 0 Å². The standard InChI is InChI=1S/C15H21N3OS/c1-12(6-8-20-3)18(2)15(19)14-9-13(5-4-7-16)10-17-11-14/h9-12H,6-8,16H2,1-3H3. The highest BCUT2D eigenvalue weighted by molar-refractivity contribution is 7.98. The Kier molecular flexibility index (Phi) is 7.13. The van der Waals surface area contributed by atoms with Crippen LogP contribution in [0.4, 0.5) is 0 Å². The van der Waals surface area contributed by atoms with Crippen LogP contribution in [0.25, 0.3) is 0 Å². The van der Waals surface area contributed by atoms with Gasteiger partial charge in [-0.3, -0.25) is 9.78 Å². The fourth-order valence-electron chi connectivity index (χ4n) is 1.66. The maximum atomic E-state index is 12.4. The highest BCUT2D eigenvalue weighted by Crippen LogP contribution is 2.11. The minimum absolute atomic E-state index is 0.0255. The van der Waals surface area contributed by atoms with Crippen LogP contribution in [0.1, 0.15) is 29.3 Å². The van der Waals surface area contributed by atoms with Crippen molar-refractivity contribution in [2.45, 2.75) is 19.4 Å². The Morgan fingerprint density at radius 2 is 2.30 bits per heavy atom. The van der Waals surface area contributed by atoms with Crippen LogP contribution in [0.15, 0.2) is 18.5 Å². The second-order valence-corrected chi connectivity index (χ2v) is 5.50. The van der Waals surface area contributed by atoms with E-state index in [1.807, 2.05) is 7.05 Å².